The van der Waals surface area contributed by atoms with Crippen molar-refractivity contribution in [3.63, 3.8) is 0 Å². The Hall–Kier alpha value is -2.34. The molecule has 1 saturated heterocycles. The molecule has 0 spiro atoms. The van der Waals surface area contributed by atoms with Crippen molar-refractivity contribution in [1.29, 1.82) is 0 Å². The van der Waals surface area contributed by atoms with E-state index in [1.165, 1.54) is 5.56 Å². The number of hydrogen-bond acceptors (Lipinski definition) is 5. The maximum Gasteiger partial charge on any atom is 0.262 e. The van der Waals surface area contributed by atoms with Crippen molar-refractivity contribution >= 4 is 11.8 Å². The molecule has 116 valence electrons. The second kappa shape index (κ2) is 5.81. The molecule has 0 unspecified atom stereocenters. The van der Waals surface area contributed by atoms with Gasteiger partial charge in [-0.1, -0.05) is 18.2 Å². The summed E-state index contributed by atoms with van der Waals surface area (Å²) in [5.41, 5.74) is 9.37. The first-order chi connectivity index (χ1) is 10.6. The van der Waals surface area contributed by atoms with E-state index in [0.717, 1.165) is 11.1 Å². The lowest BCUT2D eigenvalue weighted by molar-refractivity contribution is 0.122. The van der Waals surface area contributed by atoms with Crippen molar-refractivity contribution in [2.24, 2.45) is 0 Å². The molecule has 3 N–H and O–H groups in total. The predicted octanol–water partition coefficient (Wildman–Crippen LogP) is 1.47. The van der Waals surface area contributed by atoms with E-state index in [0.29, 0.717) is 37.8 Å². The lowest BCUT2D eigenvalue weighted by Crippen LogP contribution is -2.38. The Morgan fingerprint density at radius 2 is 1.95 bits per heavy atom. The van der Waals surface area contributed by atoms with Gasteiger partial charge in [0.2, 0.25) is 5.95 Å². The quantitative estimate of drug-likeness (QED) is 0.877. The average molecular weight is 300 g/mol. The van der Waals surface area contributed by atoms with Crippen LogP contribution in [-0.4, -0.2) is 36.3 Å². The van der Waals surface area contributed by atoms with Crippen molar-refractivity contribution < 1.29 is 4.74 Å². The molecule has 1 fully saturated rings. The highest BCUT2D eigenvalue weighted by Gasteiger charge is 2.17. The van der Waals surface area contributed by atoms with Gasteiger partial charge in [0.1, 0.15) is 5.82 Å². The van der Waals surface area contributed by atoms with Gasteiger partial charge in [0.15, 0.2) is 0 Å². The van der Waals surface area contributed by atoms with Gasteiger partial charge < -0.3 is 15.4 Å². The minimum absolute atomic E-state index is 0.211. The van der Waals surface area contributed by atoms with Gasteiger partial charge in [0.25, 0.3) is 5.56 Å². The predicted molar refractivity (Wildman–Crippen MR) is 87.2 cm³/mol. The summed E-state index contributed by atoms with van der Waals surface area (Å²) in [6.07, 6.45) is 0. The zero-order valence-electron chi connectivity index (χ0n) is 12.8. The number of aryl methyl sites for hydroxylation is 2. The van der Waals surface area contributed by atoms with Crippen molar-refractivity contribution in [2.45, 2.75) is 13.8 Å². The molecule has 3 rings (SSSR count). The van der Waals surface area contributed by atoms with Gasteiger partial charge in [-0.15, -0.1) is 0 Å². The molecule has 2 heterocycles. The van der Waals surface area contributed by atoms with Crippen molar-refractivity contribution in [3.8, 4) is 11.1 Å². The van der Waals surface area contributed by atoms with Gasteiger partial charge >= 0.3 is 0 Å². The molecule has 22 heavy (non-hydrogen) atoms. The van der Waals surface area contributed by atoms with Crippen LogP contribution in [-0.2, 0) is 4.74 Å². The molecular formula is C16H20N4O2. The standard InChI is InChI=1S/C16H20N4O2/c1-10-3-4-12(9-11(10)2)13-14(17)18-16(19-15(13)21)20-5-7-22-8-6-20/h3-4,9H,5-8H2,1-2H3,(H3,17,18,19,21). The van der Waals surface area contributed by atoms with Crippen molar-refractivity contribution in [1.82, 2.24) is 9.97 Å². The number of ether oxygens (including phenoxy) is 1. The second-order valence-electron chi connectivity index (χ2n) is 5.55. The molecule has 2 aromatic rings. The van der Waals surface area contributed by atoms with Crippen LogP contribution in [0, 0.1) is 13.8 Å². The number of anilines is 2. The first kappa shape index (κ1) is 14.6. The first-order valence-corrected chi connectivity index (χ1v) is 7.36. The Balaban J connectivity index is 2.02. The third-order valence-corrected chi connectivity index (χ3v) is 4.04. The summed E-state index contributed by atoms with van der Waals surface area (Å²) in [5, 5.41) is 0. The highest BCUT2D eigenvalue weighted by Crippen LogP contribution is 2.24. The highest BCUT2D eigenvalue weighted by atomic mass is 16.5. The van der Waals surface area contributed by atoms with Gasteiger partial charge in [0, 0.05) is 13.1 Å². The van der Waals surface area contributed by atoms with E-state index in [1.54, 1.807) is 0 Å². The number of nitrogens with two attached hydrogens (primary N) is 1. The van der Waals surface area contributed by atoms with Crippen LogP contribution in [0.4, 0.5) is 11.8 Å². The summed E-state index contributed by atoms with van der Waals surface area (Å²) in [4.78, 5) is 21.7. The number of aromatic nitrogens is 2. The fraction of sp³-hybridized carbons (Fsp3) is 0.375. The zero-order valence-corrected chi connectivity index (χ0v) is 12.8. The van der Waals surface area contributed by atoms with Gasteiger partial charge in [-0.05, 0) is 30.5 Å². The van der Waals surface area contributed by atoms with Crippen LogP contribution in [0.25, 0.3) is 11.1 Å². The molecule has 1 aliphatic heterocycles. The van der Waals surface area contributed by atoms with Crippen LogP contribution >= 0.6 is 0 Å². The number of rotatable bonds is 2. The number of aromatic amines is 1. The van der Waals surface area contributed by atoms with Gasteiger partial charge in [-0.3, -0.25) is 9.78 Å². The van der Waals surface area contributed by atoms with Crippen LogP contribution in [0.15, 0.2) is 23.0 Å². The van der Waals surface area contributed by atoms with Crippen molar-refractivity contribution in [3.05, 3.63) is 39.7 Å². The molecule has 0 amide bonds. The van der Waals surface area contributed by atoms with Crippen LogP contribution in [0.1, 0.15) is 11.1 Å². The molecule has 1 aromatic carbocycles. The van der Waals surface area contributed by atoms with Crippen LogP contribution < -0.4 is 16.2 Å². The van der Waals surface area contributed by atoms with E-state index < -0.39 is 0 Å². The number of nitrogens with one attached hydrogen (secondary N) is 1. The molecule has 1 aliphatic rings. The van der Waals surface area contributed by atoms with E-state index >= 15 is 0 Å². The van der Waals surface area contributed by atoms with E-state index in [1.807, 2.05) is 36.9 Å². The molecule has 0 saturated carbocycles. The minimum atomic E-state index is -0.211. The summed E-state index contributed by atoms with van der Waals surface area (Å²) in [6, 6.07) is 5.85. The van der Waals surface area contributed by atoms with Gasteiger partial charge in [-0.2, -0.15) is 4.98 Å². The molecule has 0 aliphatic carbocycles. The number of nitrogens with zero attached hydrogens (tertiary/aromatic N) is 2. The van der Waals surface area contributed by atoms with Gasteiger partial charge in [-0.25, -0.2) is 0 Å². The Labute approximate surface area is 128 Å². The highest BCUT2D eigenvalue weighted by molar-refractivity contribution is 5.74. The minimum Gasteiger partial charge on any atom is -0.383 e. The molecule has 1 aromatic heterocycles. The van der Waals surface area contributed by atoms with Crippen LogP contribution in [0.3, 0.4) is 0 Å². The molecular weight excluding hydrogens is 280 g/mol. The summed E-state index contributed by atoms with van der Waals surface area (Å²) < 4.78 is 5.31. The Morgan fingerprint density at radius 3 is 2.59 bits per heavy atom. The Bertz CT molecular complexity index is 748. The molecule has 0 bridgehead atoms. The lowest BCUT2D eigenvalue weighted by Gasteiger charge is -2.27. The van der Waals surface area contributed by atoms with E-state index in [9.17, 15) is 4.79 Å². The fourth-order valence-electron chi connectivity index (χ4n) is 2.58. The molecule has 6 nitrogen and oxygen atoms in total. The summed E-state index contributed by atoms with van der Waals surface area (Å²) in [5.74, 6) is 0.770. The third kappa shape index (κ3) is 2.69. The molecule has 0 atom stereocenters. The van der Waals surface area contributed by atoms with Crippen LogP contribution in [0.2, 0.25) is 0 Å². The number of hydrogen-bond donors (Lipinski definition) is 2. The SMILES string of the molecule is Cc1ccc(-c2c(N)nc(N3CCOCC3)[nH]c2=O)cc1C. The van der Waals surface area contributed by atoms with Crippen molar-refractivity contribution in [2.75, 3.05) is 36.9 Å². The summed E-state index contributed by atoms with van der Waals surface area (Å²) >= 11 is 0. The topological polar surface area (TPSA) is 84.2 Å². The number of H-pyrrole nitrogens is 1. The maximum absolute atomic E-state index is 12.5. The monoisotopic (exact) mass is 300 g/mol. The molecule has 0 radical (unpaired) electrons. The normalized spacial score (nSPS) is 15.1. The number of benzene rings is 1. The average Bonchev–Trinajstić information content (AvgIpc) is 2.51. The largest absolute Gasteiger partial charge is 0.383 e. The second-order valence-corrected chi connectivity index (χ2v) is 5.55. The lowest BCUT2D eigenvalue weighted by atomic mass is 10.0. The first-order valence-electron chi connectivity index (χ1n) is 7.36. The smallest absolute Gasteiger partial charge is 0.262 e. The Morgan fingerprint density at radius 1 is 1.23 bits per heavy atom. The number of morpholine rings is 1. The third-order valence-electron chi connectivity index (χ3n) is 4.04. The fourth-order valence-corrected chi connectivity index (χ4v) is 2.58. The summed E-state index contributed by atoms with van der Waals surface area (Å²) in [6.45, 7) is 6.70. The number of nitrogen functional groups attached to an aromatic ring is 1. The van der Waals surface area contributed by atoms with Crippen LogP contribution in [0.5, 0.6) is 0 Å². The molecule has 6 heteroatoms. The Kier molecular flexibility index (Phi) is 3.85. The van der Waals surface area contributed by atoms with E-state index in [2.05, 4.69) is 9.97 Å². The zero-order chi connectivity index (χ0) is 15.7. The van der Waals surface area contributed by atoms with E-state index in [4.69, 9.17) is 10.5 Å². The summed E-state index contributed by atoms with van der Waals surface area (Å²) in [7, 11) is 0. The maximum atomic E-state index is 12.5. The van der Waals surface area contributed by atoms with Gasteiger partial charge in [0.05, 0.1) is 18.8 Å². The van der Waals surface area contributed by atoms with E-state index in [-0.39, 0.29) is 11.4 Å².